The monoisotopic (exact) mass is 698 g/mol. The van der Waals surface area contributed by atoms with Gasteiger partial charge in [-0.05, 0) is 81.5 Å². The fourth-order valence-electron chi connectivity index (χ4n) is 6.12. The van der Waals surface area contributed by atoms with Crippen molar-refractivity contribution < 1.29 is 18.4 Å². The summed E-state index contributed by atoms with van der Waals surface area (Å²) in [6.45, 7) is 14.3. The lowest BCUT2D eigenvalue weighted by Gasteiger charge is -2.18. The normalized spacial score (nSPS) is 11.1. The standard InChI is InChI=1S/C23H22F2N2O3.C16H18N2O3/c1-12(2)19-20(21(28)16-6-13(3)5-14(4)7-16)27(23(30)26-22(19)29)11-15-8-17(24)10-18(25)9-15;1-8(2)12-13(17-16(21)18-15(12)20)14(19)11-6-9(3)5-10(4)7-11/h5-10,12H,11H2,1-4H3,(H,26,29,30);5-8H,1-4H3,(H2,17,18,20,21). The zero-order chi connectivity index (χ0) is 37.9. The highest BCUT2D eigenvalue weighted by atomic mass is 19.1. The lowest BCUT2D eigenvalue weighted by atomic mass is 9.95. The van der Waals surface area contributed by atoms with Crippen LogP contribution in [0.25, 0.3) is 0 Å². The lowest BCUT2D eigenvalue weighted by molar-refractivity contribution is 0.102. The van der Waals surface area contributed by atoms with Crippen molar-refractivity contribution in [1.82, 2.24) is 19.5 Å². The maximum atomic E-state index is 13.7. The van der Waals surface area contributed by atoms with Gasteiger partial charge in [0.15, 0.2) is 0 Å². The van der Waals surface area contributed by atoms with Crippen molar-refractivity contribution in [2.45, 2.75) is 73.8 Å². The van der Waals surface area contributed by atoms with Crippen LogP contribution in [-0.4, -0.2) is 31.1 Å². The highest BCUT2D eigenvalue weighted by Gasteiger charge is 2.25. The second kappa shape index (κ2) is 15.4. The zero-order valence-electron chi connectivity index (χ0n) is 29.7. The van der Waals surface area contributed by atoms with Crippen molar-refractivity contribution >= 4 is 11.6 Å². The molecule has 0 spiro atoms. The summed E-state index contributed by atoms with van der Waals surface area (Å²) in [5.74, 6) is -2.97. The molecule has 0 atom stereocenters. The molecule has 2 aromatic heterocycles. The third-order valence-electron chi connectivity index (χ3n) is 8.04. The number of rotatable bonds is 8. The number of carbonyl (C=O) groups excluding carboxylic acids is 2. The number of carbonyl (C=O) groups is 2. The van der Waals surface area contributed by atoms with E-state index in [-0.39, 0.29) is 46.7 Å². The fourth-order valence-corrected chi connectivity index (χ4v) is 6.12. The molecule has 0 aliphatic rings. The molecular formula is C39H40F2N4O6. The average Bonchev–Trinajstić information content (AvgIpc) is 2.99. The van der Waals surface area contributed by atoms with Gasteiger partial charge < -0.3 is 4.98 Å². The molecule has 266 valence electrons. The number of benzene rings is 3. The molecule has 0 bridgehead atoms. The van der Waals surface area contributed by atoms with E-state index in [1.54, 1.807) is 52.0 Å². The quantitative estimate of drug-likeness (QED) is 0.172. The maximum absolute atomic E-state index is 13.7. The third-order valence-corrected chi connectivity index (χ3v) is 8.04. The van der Waals surface area contributed by atoms with E-state index in [0.29, 0.717) is 16.7 Å². The summed E-state index contributed by atoms with van der Waals surface area (Å²) in [6, 6.07) is 13.6. The van der Waals surface area contributed by atoms with E-state index in [4.69, 9.17) is 0 Å². The molecular weight excluding hydrogens is 658 g/mol. The average molecular weight is 699 g/mol. The maximum Gasteiger partial charge on any atom is 0.329 e. The van der Waals surface area contributed by atoms with E-state index in [9.17, 15) is 37.5 Å². The van der Waals surface area contributed by atoms with E-state index in [2.05, 4.69) is 15.0 Å². The van der Waals surface area contributed by atoms with Crippen LogP contribution in [-0.2, 0) is 6.54 Å². The molecule has 0 unspecified atom stereocenters. The Balaban J connectivity index is 0.000000244. The first-order valence-electron chi connectivity index (χ1n) is 16.3. The predicted molar refractivity (Wildman–Crippen MR) is 191 cm³/mol. The zero-order valence-corrected chi connectivity index (χ0v) is 29.7. The Kier molecular flexibility index (Phi) is 11.5. The largest absolute Gasteiger partial charge is 0.329 e. The summed E-state index contributed by atoms with van der Waals surface area (Å²) >= 11 is 0. The topological polar surface area (TPSA) is 155 Å². The van der Waals surface area contributed by atoms with Gasteiger partial charge in [0.05, 0.1) is 12.2 Å². The van der Waals surface area contributed by atoms with Crippen molar-refractivity contribution in [2.75, 3.05) is 0 Å². The smallest absolute Gasteiger partial charge is 0.304 e. The Hall–Kier alpha value is -5.78. The van der Waals surface area contributed by atoms with Crippen molar-refractivity contribution in [3.63, 3.8) is 0 Å². The van der Waals surface area contributed by atoms with Crippen LogP contribution >= 0.6 is 0 Å². The highest BCUT2D eigenvalue weighted by Crippen LogP contribution is 2.22. The van der Waals surface area contributed by atoms with E-state index in [1.165, 1.54) is 0 Å². The number of nitrogens with zero attached hydrogens (tertiary/aromatic N) is 1. The van der Waals surface area contributed by atoms with Crippen LogP contribution in [0.15, 0.2) is 73.8 Å². The molecule has 0 fully saturated rings. The van der Waals surface area contributed by atoms with Crippen LogP contribution in [0.1, 0.15) is 111 Å². The van der Waals surface area contributed by atoms with Crippen LogP contribution in [0.3, 0.4) is 0 Å². The molecule has 0 saturated heterocycles. The number of nitrogens with one attached hydrogen (secondary N) is 3. The van der Waals surface area contributed by atoms with Gasteiger partial charge in [0, 0.05) is 28.3 Å². The molecule has 3 N–H and O–H groups in total. The number of hydrogen-bond donors (Lipinski definition) is 3. The SMILES string of the molecule is Cc1cc(C)cc(C(=O)c2[nH]c(=O)[nH]c(=O)c2C(C)C)c1.Cc1cc(C)cc(C(=O)c2c(C(C)C)c(=O)[nH]c(=O)n2Cc2cc(F)cc(F)c2)c1. The van der Waals surface area contributed by atoms with Gasteiger partial charge in [-0.25, -0.2) is 18.4 Å². The first-order chi connectivity index (χ1) is 23.9. The molecule has 10 nitrogen and oxygen atoms in total. The lowest BCUT2D eigenvalue weighted by Crippen LogP contribution is -2.38. The van der Waals surface area contributed by atoms with Crippen molar-refractivity contribution in [3.05, 3.63) is 169 Å². The summed E-state index contributed by atoms with van der Waals surface area (Å²) in [6.07, 6.45) is 0. The van der Waals surface area contributed by atoms with Gasteiger partial charge in [0.2, 0.25) is 11.6 Å². The van der Waals surface area contributed by atoms with E-state index in [0.717, 1.165) is 45.0 Å². The van der Waals surface area contributed by atoms with E-state index >= 15 is 0 Å². The minimum absolute atomic E-state index is 0.0729. The van der Waals surface area contributed by atoms with Gasteiger partial charge >= 0.3 is 11.4 Å². The molecule has 5 aromatic rings. The number of aromatic nitrogens is 4. The third kappa shape index (κ3) is 8.88. The molecule has 3 aromatic carbocycles. The second-order valence-corrected chi connectivity index (χ2v) is 13.3. The van der Waals surface area contributed by atoms with Crippen molar-refractivity contribution in [2.24, 2.45) is 0 Å². The van der Waals surface area contributed by atoms with Gasteiger partial charge in [-0.1, -0.05) is 62.1 Å². The number of ketones is 2. The summed E-state index contributed by atoms with van der Waals surface area (Å²) in [7, 11) is 0. The molecule has 5 rings (SSSR count). The van der Waals surface area contributed by atoms with Gasteiger partial charge in [-0.2, -0.15) is 0 Å². The number of aromatic amines is 3. The summed E-state index contributed by atoms with van der Waals surface area (Å²) in [5.41, 5.74) is 2.38. The highest BCUT2D eigenvalue weighted by molar-refractivity contribution is 6.09. The Morgan fingerprint density at radius 1 is 0.608 bits per heavy atom. The van der Waals surface area contributed by atoms with Crippen LogP contribution < -0.4 is 22.5 Å². The van der Waals surface area contributed by atoms with E-state index in [1.807, 2.05) is 39.8 Å². The van der Waals surface area contributed by atoms with Crippen molar-refractivity contribution in [3.8, 4) is 0 Å². The Morgan fingerprint density at radius 2 is 1.06 bits per heavy atom. The van der Waals surface area contributed by atoms with Gasteiger partial charge in [0.1, 0.15) is 17.3 Å². The Bertz CT molecular complexity index is 2340. The second-order valence-electron chi connectivity index (χ2n) is 13.3. The first kappa shape index (κ1) is 38.0. The minimum Gasteiger partial charge on any atom is -0.304 e. The summed E-state index contributed by atoms with van der Waals surface area (Å²) in [5, 5.41) is 0. The van der Waals surface area contributed by atoms with E-state index < -0.39 is 39.9 Å². The molecule has 0 amide bonds. The summed E-state index contributed by atoms with van der Waals surface area (Å²) in [4.78, 5) is 81.6. The van der Waals surface area contributed by atoms with Crippen LogP contribution in [0.5, 0.6) is 0 Å². The number of halogens is 2. The fraction of sp³-hybridized carbons (Fsp3) is 0.282. The molecule has 0 aliphatic heterocycles. The number of hydrogen-bond acceptors (Lipinski definition) is 6. The minimum atomic E-state index is -0.818. The predicted octanol–water partition coefficient (Wildman–Crippen LogP) is 5.87. The molecule has 2 heterocycles. The first-order valence-corrected chi connectivity index (χ1v) is 16.3. The van der Waals surface area contributed by atoms with Gasteiger partial charge in [0.25, 0.3) is 11.1 Å². The molecule has 0 saturated carbocycles. The molecule has 0 radical (unpaired) electrons. The van der Waals surface area contributed by atoms with Crippen LogP contribution in [0, 0.1) is 39.3 Å². The van der Waals surface area contributed by atoms with Gasteiger partial charge in [-0.15, -0.1) is 0 Å². The van der Waals surface area contributed by atoms with Gasteiger partial charge in [-0.3, -0.25) is 33.7 Å². The Morgan fingerprint density at radius 3 is 1.53 bits per heavy atom. The Labute approximate surface area is 292 Å². The van der Waals surface area contributed by atoms with Crippen LogP contribution in [0.2, 0.25) is 0 Å². The summed E-state index contributed by atoms with van der Waals surface area (Å²) < 4.78 is 28.4. The molecule has 0 aliphatic carbocycles. The van der Waals surface area contributed by atoms with Crippen LogP contribution in [0.4, 0.5) is 8.78 Å². The molecule has 51 heavy (non-hydrogen) atoms. The van der Waals surface area contributed by atoms with Crippen molar-refractivity contribution in [1.29, 1.82) is 0 Å². The number of H-pyrrole nitrogens is 3. The number of aryl methyl sites for hydroxylation is 4. The molecule has 12 heteroatoms.